The van der Waals surface area contributed by atoms with E-state index in [0.29, 0.717) is 5.69 Å². The highest BCUT2D eigenvalue weighted by Gasteiger charge is 2.04. The van der Waals surface area contributed by atoms with Crippen molar-refractivity contribution in [3.05, 3.63) is 48.3 Å². The number of nitrogens with zero attached hydrogens (tertiary/aromatic N) is 1. The van der Waals surface area contributed by atoms with Crippen LogP contribution in [0.15, 0.2) is 42.5 Å². The van der Waals surface area contributed by atoms with E-state index in [1.54, 1.807) is 12.1 Å². The maximum Gasteiger partial charge on any atom is 0.167 e. The number of rotatable bonds is 4. The van der Waals surface area contributed by atoms with Crippen LogP contribution in [0.3, 0.4) is 0 Å². The Labute approximate surface area is 112 Å². The first-order valence-corrected chi connectivity index (χ1v) is 5.98. The van der Waals surface area contributed by atoms with Crippen LogP contribution in [0, 0.1) is 5.82 Å². The molecule has 3 nitrogen and oxygen atoms in total. The average molecular weight is 260 g/mol. The summed E-state index contributed by atoms with van der Waals surface area (Å²) in [5, 5.41) is 3.17. The van der Waals surface area contributed by atoms with Gasteiger partial charge in [0.25, 0.3) is 0 Å². The van der Waals surface area contributed by atoms with Gasteiger partial charge in [-0.15, -0.1) is 0 Å². The van der Waals surface area contributed by atoms with Gasteiger partial charge in [0.05, 0.1) is 7.11 Å². The largest absolute Gasteiger partial charge is 0.494 e. The number of ether oxygens (including phenoxy) is 1. The molecular weight excluding hydrogens is 243 g/mol. The smallest absolute Gasteiger partial charge is 0.167 e. The lowest BCUT2D eigenvalue weighted by molar-refractivity contribution is 0.386. The maximum atomic E-state index is 13.6. The van der Waals surface area contributed by atoms with Crippen LogP contribution >= 0.6 is 0 Å². The monoisotopic (exact) mass is 260 g/mol. The van der Waals surface area contributed by atoms with Crippen molar-refractivity contribution in [2.75, 3.05) is 31.4 Å². The Morgan fingerprint density at radius 3 is 2.42 bits per heavy atom. The Morgan fingerprint density at radius 1 is 1.05 bits per heavy atom. The number of methoxy groups -OCH3 is 1. The van der Waals surface area contributed by atoms with Crippen molar-refractivity contribution < 1.29 is 9.13 Å². The molecule has 0 fully saturated rings. The fourth-order valence-corrected chi connectivity index (χ4v) is 1.77. The van der Waals surface area contributed by atoms with Crippen molar-refractivity contribution in [1.82, 2.24) is 0 Å². The third kappa shape index (κ3) is 3.16. The molecule has 0 heterocycles. The molecule has 0 aliphatic rings. The van der Waals surface area contributed by atoms with Gasteiger partial charge in [-0.2, -0.15) is 0 Å². The summed E-state index contributed by atoms with van der Waals surface area (Å²) in [5.74, 6) is -0.135. The molecule has 0 bridgehead atoms. The predicted molar refractivity (Wildman–Crippen MR) is 77.0 cm³/mol. The van der Waals surface area contributed by atoms with Gasteiger partial charge in [0, 0.05) is 37.2 Å². The molecule has 0 saturated heterocycles. The summed E-state index contributed by atoms with van der Waals surface area (Å²) in [5.41, 5.74) is 2.68. The molecule has 0 saturated carbocycles. The molecule has 19 heavy (non-hydrogen) atoms. The topological polar surface area (TPSA) is 24.5 Å². The minimum atomic E-state index is -0.378. The van der Waals surface area contributed by atoms with E-state index >= 15 is 0 Å². The molecule has 2 rings (SSSR count). The maximum absolute atomic E-state index is 13.6. The molecule has 2 aromatic carbocycles. The van der Waals surface area contributed by atoms with Gasteiger partial charge in [-0.05, 0) is 30.3 Å². The second-order valence-electron chi connectivity index (χ2n) is 4.42. The average Bonchev–Trinajstić information content (AvgIpc) is 2.39. The number of nitrogens with one attached hydrogen (secondary N) is 1. The summed E-state index contributed by atoms with van der Waals surface area (Å²) in [6, 6.07) is 12.7. The number of benzene rings is 2. The highest BCUT2D eigenvalue weighted by atomic mass is 19.1. The molecule has 0 unspecified atom stereocenters. The zero-order chi connectivity index (χ0) is 13.8. The zero-order valence-electron chi connectivity index (χ0n) is 11.3. The third-order valence-corrected chi connectivity index (χ3v) is 2.80. The van der Waals surface area contributed by atoms with E-state index in [1.165, 1.54) is 13.2 Å². The van der Waals surface area contributed by atoms with Crippen LogP contribution < -0.4 is 15.0 Å². The van der Waals surface area contributed by atoms with Gasteiger partial charge in [0.15, 0.2) is 11.6 Å². The Morgan fingerprint density at radius 2 is 1.79 bits per heavy atom. The first kappa shape index (κ1) is 13.2. The van der Waals surface area contributed by atoms with Crippen LogP contribution in [0.2, 0.25) is 0 Å². The first-order valence-electron chi connectivity index (χ1n) is 5.98. The molecule has 0 spiro atoms. The third-order valence-electron chi connectivity index (χ3n) is 2.80. The molecule has 1 N–H and O–H groups in total. The van der Waals surface area contributed by atoms with Gasteiger partial charge >= 0.3 is 0 Å². The zero-order valence-corrected chi connectivity index (χ0v) is 11.3. The quantitative estimate of drug-likeness (QED) is 0.908. The van der Waals surface area contributed by atoms with E-state index in [-0.39, 0.29) is 11.6 Å². The van der Waals surface area contributed by atoms with E-state index in [4.69, 9.17) is 4.74 Å². The van der Waals surface area contributed by atoms with E-state index in [2.05, 4.69) is 5.32 Å². The Kier molecular flexibility index (Phi) is 3.90. The van der Waals surface area contributed by atoms with Crippen molar-refractivity contribution in [1.29, 1.82) is 0 Å². The highest BCUT2D eigenvalue weighted by molar-refractivity contribution is 5.65. The molecule has 100 valence electrons. The van der Waals surface area contributed by atoms with Gasteiger partial charge in [-0.25, -0.2) is 4.39 Å². The van der Waals surface area contributed by atoms with Crippen LogP contribution in [-0.2, 0) is 0 Å². The molecule has 0 radical (unpaired) electrons. The first-order chi connectivity index (χ1) is 9.10. The summed E-state index contributed by atoms with van der Waals surface area (Å²) in [4.78, 5) is 2.01. The SMILES string of the molecule is COc1ccc(Nc2cccc(N(C)C)c2)cc1F. The summed E-state index contributed by atoms with van der Waals surface area (Å²) in [6.45, 7) is 0. The van der Waals surface area contributed by atoms with Gasteiger partial charge < -0.3 is 15.0 Å². The Balaban J connectivity index is 2.21. The van der Waals surface area contributed by atoms with Crippen molar-refractivity contribution in [2.45, 2.75) is 0 Å². The molecule has 0 amide bonds. The minimum absolute atomic E-state index is 0.243. The fourth-order valence-electron chi connectivity index (χ4n) is 1.77. The van der Waals surface area contributed by atoms with Gasteiger partial charge in [0.2, 0.25) is 0 Å². The molecule has 0 aliphatic carbocycles. The number of hydrogen-bond acceptors (Lipinski definition) is 3. The second-order valence-corrected chi connectivity index (χ2v) is 4.42. The number of halogens is 1. The lowest BCUT2D eigenvalue weighted by atomic mass is 10.2. The summed E-state index contributed by atoms with van der Waals surface area (Å²) >= 11 is 0. The van der Waals surface area contributed by atoms with Crippen molar-refractivity contribution in [3.8, 4) is 5.75 Å². The summed E-state index contributed by atoms with van der Waals surface area (Å²) in [7, 11) is 5.41. The van der Waals surface area contributed by atoms with Crippen molar-refractivity contribution in [2.24, 2.45) is 0 Å². The van der Waals surface area contributed by atoms with Crippen LogP contribution in [0.5, 0.6) is 5.75 Å². The molecule has 0 aromatic heterocycles. The van der Waals surface area contributed by atoms with E-state index < -0.39 is 0 Å². The molecule has 0 atom stereocenters. The van der Waals surface area contributed by atoms with Gasteiger partial charge in [-0.1, -0.05) is 6.07 Å². The second kappa shape index (κ2) is 5.61. The molecular formula is C15H17FN2O. The van der Waals surface area contributed by atoms with Crippen molar-refractivity contribution >= 4 is 17.1 Å². The van der Waals surface area contributed by atoms with Crippen LogP contribution in [0.4, 0.5) is 21.5 Å². The molecule has 2 aromatic rings. The normalized spacial score (nSPS) is 10.1. The predicted octanol–water partition coefficient (Wildman–Crippen LogP) is 3.64. The van der Waals surface area contributed by atoms with E-state index in [1.807, 2.05) is 43.3 Å². The van der Waals surface area contributed by atoms with Gasteiger partial charge in [0.1, 0.15) is 0 Å². The van der Waals surface area contributed by atoms with E-state index in [9.17, 15) is 4.39 Å². The minimum Gasteiger partial charge on any atom is -0.494 e. The Bertz CT molecular complexity index is 570. The summed E-state index contributed by atoms with van der Waals surface area (Å²) in [6.07, 6.45) is 0. The van der Waals surface area contributed by atoms with Gasteiger partial charge in [-0.3, -0.25) is 0 Å². The molecule has 4 heteroatoms. The lowest BCUT2D eigenvalue weighted by Crippen LogP contribution is -2.08. The summed E-state index contributed by atoms with van der Waals surface area (Å²) < 4.78 is 18.5. The number of hydrogen-bond donors (Lipinski definition) is 1. The van der Waals surface area contributed by atoms with E-state index in [0.717, 1.165) is 11.4 Å². The highest BCUT2D eigenvalue weighted by Crippen LogP contribution is 2.25. The Hall–Kier alpha value is -2.23. The van der Waals surface area contributed by atoms with Crippen LogP contribution in [0.1, 0.15) is 0 Å². The fraction of sp³-hybridized carbons (Fsp3) is 0.200. The lowest BCUT2D eigenvalue weighted by Gasteiger charge is -2.14. The molecule has 0 aliphatic heterocycles. The standard InChI is InChI=1S/C15H17FN2O/c1-18(2)13-6-4-5-11(9-13)17-12-7-8-15(19-3)14(16)10-12/h4-10,17H,1-3H3. The van der Waals surface area contributed by atoms with Crippen LogP contribution in [0.25, 0.3) is 0 Å². The number of anilines is 3. The van der Waals surface area contributed by atoms with Crippen molar-refractivity contribution in [3.63, 3.8) is 0 Å². The van der Waals surface area contributed by atoms with Crippen LogP contribution in [-0.4, -0.2) is 21.2 Å².